The van der Waals surface area contributed by atoms with E-state index >= 15 is 0 Å². The van der Waals surface area contributed by atoms with Gasteiger partial charge in [0.25, 0.3) is 0 Å². The zero-order valence-electron chi connectivity index (χ0n) is 7.47. The van der Waals surface area contributed by atoms with E-state index in [1.165, 1.54) is 12.2 Å². The van der Waals surface area contributed by atoms with Crippen molar-refractivity contribution < 1.29 is 19.5 Å². The Hall–Kier alpha value is -1.77. The highest BCUT2D eigenvalue weighted by atomic mass is 16.4. The topological polar surface area (TPSA) is 96.2 Å². The highest BCUT2D eigenvalue weighted by molar-refractivity contribution is 5.74. The maximum absolute atomic E-state index is 10.5. The molecule has 1 unspecified atom stereocenters. The second kappa shape index (κ2) is 7.86. The monoisotopic (exact) mass is 198 g/mol. The van der Waals surface area contributed by atoms with Crippen molar-refractivity contribution in [2.75, 3.05) is 6.54 Å². The number of rotatable bonds is 7. The molecule has 1 N–H and O–H groups in total. The van der Waals surface area contributed by atoms with Gasteiger partial charge < -0.3 is 5.11 Å². The largest absolute Gasteiger partial charge is 0.480 e. The van der Waals surface area contributed by atoms with Crippen molar-refractivity contribution in [2.45, 2.75) is 25.3 Å². The molecule has 14 heavy (non-hydrogen) atoms. The first-order chi connectivity index (χ1) is 6.72. The first kappa shape index (κ1) is 12.2. The Labute approximate surface area is 80.4 Å². The quantitative estimate of drug-likeness (QED) is 0.361. The van der Waals surface area contributed by atoms with Gasteiger partial charge in [0.1, 0.15) is 0 Å². The standard InChI is InChI=1S/C8H10N2O4/c11-5-9-4-2-1-3-7(8(13)14)10-6-12/h7H,1-4H2,(H,13,14). The van der Waals surface area contributed by atoms with Gasteiger partial charge in [-0.1, -0.05) is 0 Å². The number of aliphatic imine (C=N–C) groups is 2. The first-order valence-corrected chi connectivity index (χ1v) is 4.05. The normalized spacial score (nSPS) is 10.9. The third-order valence-electron chi connectivity index (χ3n) is 1.56. The summed E-state index contributed by atoms with van der Waals surface area (Å²) in [7, 11) is 0. The molecule has 1 atom stereocenters. The average Bonchev–Trinajstić information content (AvgIpc) is 2.15. The summed E-state index contributed by atoms with van der Waals surface area (Å²) in [6, 6.07) is -1.03. The minimum absolute atomic E-state index is 0.249. The number of carbonyl (C=O) groups is 1. The van der Waals surface area contributed by atoms with Crippen LogP contribution in [0.25, 0.3) is 0 Å². The maximum atomic E-state index is 10.5. The summed E-state index contributed by atoms with van der Waals surface area (Å²) in [6.45, 7) is 0.320. The zero-order valence-corrected chi connectivity index (χ0v) is 7.47. The summed E-state index contributed by atoms with van der Waals surface area (Å²) in [5.41, 5.74) is 0. The highest BCUT2D eigenvalue weighted by Gasteiger charge is 2.14. The van der Waals surface area contributed by atoms with Crippen LogP contribution < -0.4 is 0 Å². The molecular weight excluding hydrogens is 188 g/mol. The van der Waals surface area contributed by atoms with Crippen molar-refractivity contribution in [3.63, 3.8) is 0 Å². The second-order valence-corrected chi connectivity index (χ2v) is 2.54. The molecule has 0 saturated carbocycles. The van der Waals surface area contributed by atoms with E-state index in [9.17, 15) is 14.4 Å². The Morgan fingerprint density at radius 1 is 1.29 bits per heavy atom. The Kier molecular flexibility index (Phi) is 6.86. The minimum atomic E-state index is -1.15. The van der Waals surface area contributed by atoms with E-state index in [1.54, 1.807) is 0 Å². The first-order valence-electron chi connectivity index (χ1n) is 4.05. The van der Waals surface area contributed by atoms with Crippen LogP contribution >= 0.6 is 0 Å². The molecular formula is C8H10N2O4. The summed E-state index contributed by atoms with van der Waals surface area (Å²) in [4.78, 5) is 36.4. The number of aliphatic carboxylic acids is 1. The number of carboxylic acids is 1. The lowest BCUT2D eigenvalue weighted by Crippen LogP contribution is -2.17. The van der Waals surface area contributed by atoms with E-state index in [0.29, 0.717) is 19.4 Å². The molecule has 0 heterocycles. The fourth-order valence-electron chi connectivity index (χ4n) is 0.881. The molecule has 0 spiro atoms. The van der Waals surface area contributed by atoms with E-state index in [0.717, 1.165) is 0 Å². The van der Waals surface area contributed by atoms with Crippen LogP contribution in [0, 0.1) is 0 Å². The number of carbonyl (C=O) groups excluding carboxylic acids is 2. The summed E-state index contributed by atoms with van der Waals surface area (Å²) in [6.07, 6.45) is 3.95. The zero-order chi connectivity index (χ0) is 10.8. The number of hydrogen-bond acceptors (Lipinski definition) is 5. The van der Waals surface area contributed by atoms with Gasteiger partial charge in [-0.2, -0.15) is 4.99 Å². The van der Waals surface area contributed by atoms with E-state index in [1.807, 2.05) is 0 Å². The molecule has 0 aromatic heterocycles. The molecule has 0 aliphatic rings. The maximum Gasteiger partial charge on any atom is 0.329 e. The van der Waals surface area contributed by atoms with E-state index < -0.39 is 12.0 Å². The number of unbranched alkanes of at least 4 members (excludes halogenated alkanes) is 1. The molecule has 6 heteroatoms. The lowest BCUT2D eigenvalue weighted by molar-refractivity contribution is -0.138. The van der Waals surface area contributed by atoms with Crippen molar-refractivity contribution in [3.8, 4) is 0 Å². The minimum Gasteiger partial charge on any atom is -0.480 e. The Morgan fingerprint density at radius 2 is 2.00 bits per heavy atom. The summed E-state index contributed by atoms with van der Waals surface area (Å²) >= 11 is 0. The molecule has 0 bridgehead atoms. The van der Waals surface area contributed by atoms with E-state index in [4.69, 9.17) is 5.11 Å². The number of nitrogens with zero attached hydrogens (tertiary/aromatic N) is 2. The van der Waals surface area contributed by atoms with Crippen LogP contribution in [-0.4, -0.2) is 35.8 Å². The lowest BCUT2D eigenvalue weighted by Gasteiger charge is -2.02. The van der Waals surface area contributed by atoms with Gasteiger partial charge in [-0.05, 0) is 19.3 Å². The Balaban J connectivity index is 3.77. The number of hydrogen-bond donors (Lipinski definition) is 1. The summed E-state index contributed by atoms with van der Waals surface area (Å²) in [5, 5.41) is 8.55. The van der Waals surface area contributed by atoms with Crippen LogP contribution in [0.15, 0.2) is 9.98 Å². The fourth-order valence-corrected chi connectivity index (χ4v) is 0.881. The highest BCUT2D eigenvalue weighted by Crippen LogP contribution is 2.04. The van der Waals surface area contributed by atoms with Crippen LogP contribution in [0.3, 0.4) is 0 Å². The molecule has 76 valence electrons. The average molecular weight is 198 g/mol. The predicted octanol–water partition coefficient (Wildman–Crippen LogP) is 0.282. The Bertz CT molecular complexity index is 275. The van der Waals surface area contributed by atoms with Gasteiger partial charge in [-0.3, -0.25) is 0 Å². The molecule has 0 fully saturated rings. The molecule has 0 radical (unpaired) electrons. The summed E-state index contributed by atoms with van der Waals surface area (Å²) in [5.74, 6) is -1.15. The van der Waals surface area contributed by atoms with Crippen LogP contribution in [0.1, 0.15) is 19.3 Å². The number of carboxylic acid groups (broad SMARTS) is 1. The van der Waals surface area contributed by atoms with Crippen molar-refractivity contribution in [2.24, 2.45) is 9.98 Å². The van der Waals surface area contributed by atoms with Gasteiger partial charge in [0.15, 0.2) is 6.04 Å². The molecule has 0 aromatic rings. The van der Waals surface area contributed by atoms with Crippen molar-refractivity contribution >= 4 is 18.1 Å². The lowest BCUT2D eigenvalue weighted by atomic mass is 10.1. The second-order valence-electron chi connectivity index (χ2n) is 2.54. The molecule has 0 rings (SSSR count). The van der Waals surface area contributed by atoms with E-state index in [-0.39, 0.29) is 6.42 Å². The molecule has 0 amide bonds. The summed E-state index contributed by atoms with van der Waals surface area (Å²) < 4.78 is 0. The third-order valence-corrected chi connectivity index (χ3v) is 1.56. The SMILES string of the molecule is O=C=NCCCCC(N=C=O)C(=O)O. The smallest absolute Gasteiger partial charge is 0.329 e. The molecule has 0 aromatic carbocycles. The van der Waals surface area contributed by atoms with Crippen LogP contribution in [0.2, 0.25) is 0 Å². The molecule has 0 aliphatic heterocycles. The van der Waals surface area contributed by atoms with Gasteiger partial charge in [0.05, 0.1) is 6.54 Å². The van der Waals surface area contributed by atoms with Crippen LogP contribution in [0.5, 0.6) is 0 Å². The van der Waals surface area contributed by atoms with Gasteiger partial charge in [0.2, 0.25) is 12.2 Å². The molecule has 0 saturated heterocycles. The van der Waals surface area contributed by atoms with Crippen molar-refractivity contribution in [1.29, 1.82) is 0 Å². The van der Waals surface area contributed by atoms with Crippen molar-refractivity contribution in [3.05, 3.63) is 0 Å². The van der Waals surface area contributed by atoms with Crippen LogP contribution in [-0.2, 0) is 14.4 Å². The molecule has 0 aliphatic carbocycles. The number of isocyanates is 2. The van der Waals surface area contributed by atoms with Crippen molar-refractivity contribution in [1.82, 2.24) is 0 Å². The van der Waals surface area contributed by atoms with Gasteiger partial charge in [0, 0.05) is 0 Å². The van der Waals surface area contributed by atoms with Gasteiger partial charge in [-0.25, -0.2) is 19.4 Å². The Morgan fingerprint density at radius 3 is 2.50 bits per heavy atom. The van der Waals surface area contributed by atoms with Gasteiger partial charge >= 0.3 is 5.97 Å². The molecule has 6 nitrogen and oxygen atoms in total. The van der Waals surface area contributed by atoms with Gasteiger partial charge in [-0.15, -0.1) is 0 Å². The fraction of sp³-hybridized carbons (Fsp3) is 0.625. The third kappa shape index (κ3) is 5.83. The predicted molar refractivity (Wildman–Crippen MR) is 46.4 cm³/mol. The van der Waals surface area contributed by atoms with E-state index in [2.05, 4.69) is 9.98 Å². The van der Waals surface area contributed by atoms with Crippen LogP contribution in [0.4, 0.5) is 0 Å².